The molecule has 2 nitrogen and oxygen atoms in total. The van der Waals surface area contributed by atoms with Gasteiger partial charge in [-0.3, -0.25) is 0 Å². The molecule has 17 heavy (non-hydrogen) atoms. The van der Waals surface area contributed by atoms with Gasteiger partial charge in [0, 0.05) is 11.6 Å². The lowest BCUT2D eigenvalue weighted by atomic mass is 9.96. The minimum atomic E-state index is 0.373. The van der Waals surface area contributed by atoms with E-state index in [0.29, 0.717) is 6.04 Å². The average Bonchev–Trinajstić information content (AvgIpc) is 2.31. The molecule has 1 atom stereocenters. The van der Waals surface area contributed by atoms with Crippen molar-refractivity contribution in [1.82, 2.24) is 5.32 Å². The third-order valence-corrected chi connectivity index (χ3v) is 3.66. The van der Waals surface area contributed by atoms with Crippen LogP contribution in [0, 0.1) is 13.8 Å². The molecule has 0 heterocycles. The van der Waals surface area contributed by atoms with Gasteiger partial charge in [-0.25, -0.2) is 0 Å². The molecule has 0 bridgehead atoms. The Morgan fingerprint density at radius 2 is 2.06 bits per heavy atom. The molecule has 0 saturated carbocycles. The van der Waals surface area contributed by atoms with E-state index in [1.54, 1.807) is 7.11 Å². The SMILES string of the molecule is CNC(CCSC)c1c(C)cc(C)cc1OC. The molecule has 0 aliphatic rings. The highest BCUT2D eigenvalue weighted by atomic mass is 32.2. The Balaban J connectivity index is 3.08. The first-order chi connectivity index (χ1) is 8.13. The summed E-state index contributed by atoms with van der Waals surface area (Å²) >= 11 is 1.88. The van der Waals surface area contributed by atoms with Crippen LogP contribution < -0.4 is 10.1 Å². The van der Waals surface area contributed by atoms with Crippen molar-refractivity contribution in [2.45, 2.75) is 26.3 Å². The third-order valence-electron chi connectivity index (χ3n) is 3.02. The Bertz CT molecular complexity index is 365. The van der Waals surface area contributed by atoms with Crippen LogP contribution >= 0.6 is 11.8 Å². The van der Waals surface area contributed by atoms with Crippen LogP contribution in [0.2, 0.25) is 0 Å². The van der Waals surface area contributed by atoms with Crippen LogP contribution in [0.25, 0.3) is 0 Å². The number of aryl methyl sites for hydroxylation is 2. The lowest BCUT2D eigenvalue weighted by Crippen LogP contribution is -2.19. The van der Waals surface area contributed by atoms with E-state index in [9.17, 15) is 0 Å². The molecule has 0 aromatic heterocycles. The zero-order valence-corrected chi connectivity index (χ0v) is 12.3. The molecular weight excluding hydrogens is 230 g/mol. The normalized spacial score (nSPS) is 12.5. The van der Waals surface area contributed by atoms with Gasteiger partial charge >= 0.3 is 0 Å². The van der Waals surface area contributed by atoms with Crippen molar-refractivity contribution >= 4 is 11.8 Å². The lowest BCUT2D eigenvalue weighted by molar-refractivity contribution is 0.399. The molecule has 1 aromatic carbocycles. The summed E-state index contributed by atoms with van der Waals surface area (Å²) in [5, 5.41) is 3.39. The van der Waals surface area contributed by atoms with Crippen molar-refractivity contribution in [1.29, 1.82) is 0 Å². The van der Waals surface area contributed by atoms with Gasteiger partial charge in [0.25, 0.3) is 0 Å². The van der Waals surface area contributed by atoms with Crippen molar-refractivity contribution in [3.63, 3.8) is 0 Å². The summed E-state index contributed by atoms with van der Waals surface area (Å²) in [4.78, 5) is 0. The summed E-state index contributed by atoms with van der Waals surface area (Å²) < 4.78 is 5.52. The van der Waals surface area contributed by atoms with E-state index in [4.69, 9.17) is 4.74 Å². The number of thioether (sulfide) groups is 1. The predicted octanol–water partition coefficient (Wildman–Crippen LogP) is 3.33. The first-order valence-corrected chi connectivity index (χ1v) is 7.34. The number of rotatable bonds is 6. The molecule has 0 radical (unpaired) electrons. The summed E-state index contributed by atoms with van der Waals surface area (Å²) in [6, 6.07) is 4.71. The highest BCUT2D eigenvalue weighted by Gasteiger charge is 2.17. The van der Waals surface area contributed by atoms with E-state index in [1.165, 1.54) is 16.7 Å². The van der Waals surface area contributed by atoms with E-state index >= 15 is 0 Å². The summed E-state index contributed by atoms with van der Waals surface area (Å²) in [6.45, 7) is 4.27. The molecule has 0 saturated heterocycles. The summed E-state index contributed by atoms with van der Waals surface area (Å²) in [6.07, 6.45) is 3.27. The largest absolute Gasteiger partial charge is 0.496 e. The van der Waals surface area contributed by atoms with Gasteiger partial charge in [0.1, 0.15) is 5.75 Å². The minimum Gasteiger partial charge on any atom is -0.496 e. The standard InChI is InChI=1S/C14H23NOS/c1-10-8-11(2)14(13(9-10)16-4)12(15-3)6-7-17-5/h8-9,12,15H,6-7H2,1-5H3. The maximum atomic E-state index is 5.52. The first kappa shape index (κ1) is 14.4. The third kappa shape index (κ3) is 3.65. The molecular formula is C14H23NOS. The molecule has 96 valence electrons. The second kappa shape index (κ2) is 6.92. The minimum absolute atomic E-state index is 0.373. The Kier molecular flexibility index (Phi) is 5.86. The number of hydrogen-bond donors (Lipinski definition) is 1. The molecule has 0 aliphatic heterocycles. The van der Waals surface area contributed by atoms with Crippen LogP contribution in [0.3, 0.4) is 0 Å². The van der Waals surface area contributed by atoms with Gasteiger partial charge in [0.2, 0.25) is 0 Å². The van der Waals surface area contributed by atoms with Crippen LogP contribution in [-0.2, 0) is 0 Å². The van der Waals surface area contributed by atoms with Gasteiger partial charge in [0.05, 0.1) is 7.11 Å². The van der Waals surface area contributed by atoms with Crippen LogP contribution in [0.1, 0.15) is 29.2 Å². The zero-order chi connectivity index (χ0) is 12.8. The molecule has 1 aromatic rings. The Morgan fingerprint density at radius 1 is 1.35 bits per heavy atom. The molecule has 0 spiro atoms. The maximum absolute atomic E-state index is 5.52. The highest BCUT2D eigenvalue weighted by molar-refractivity contribution is 7.98. The van der Waals surface area contributed by atoms with Gasteiger partial charge < -0.3 is 10.1 Å². The maximum Gasteiger partial charge on any atom is 0.124 e. The molecule has 0 amide bonds. The van der Waals surface area contributed by atoms with Crippen molar-refractivity contribution in [2.24, 2.45) is 0 Å². The van der Waals surface area contributed by atoms with Crippen molar-refractivity contribution in [3.05, 3.63) is 28.8 Å². The second-order valence-corrected chi connectivity index (χ2v) is 5.31. The number of ether oxygens (including phenoxy) is 1. The number of hydrogen-bond acceptors (Lipinski definition) is 3. The van der Waals surface area contributed by atoms with E-state index in [0.717, 1.165) is 17.9 Å². The molecule has 0 aliphatic carbocycles. The van der Waals surface area contributed by atoms with Crippen LogP contribution in [0.15, 0.2) is 12.1 Å². The van der Waals surface area contributed by atoms with E-state index in [1.807, 2.05) is 18.8 Å². The van der Waals surface area contributed by atoms with E-state index in [-0.39, 0.29) is 0 Å². The quantitative estimate of drug-likeness (QED) is 0.840. The summed E-state index contributed by atoms with van der Waals surface area (Å²) in [7, 11) is 3.77. The van der Waals surface area contributed by atoms with Crippen LogP contribution in [0.4, 0.5) is 0 Å². The zero-order valence-electron chi connectivity index (χ0n) is 11.5. The van der Waals surface area contributed by atoms with Crippen LogP contribution in [-0.4, -0.2) is 26.2 Å². The van der Waals surface area contributed by atoms with Gasteiger partial charge in [-0.1, -0.05) is 6.07 Å². The van der Waals surface area contributed by atoms with Crippen LogP contribution in [0.5, 0.6) is 5.75 Å². The second-order valence-electron chi connectivity index (χ2n) is 4.32. The van der Waals surface area contributed by atoms with E-state index < -0.39 is 0 Å². The van der Waals surface area contributed by atoms with Gasteiger partial charge in [-0.05, 0) is 56.5 Å². The molecule has 1 N–H and O–H groups in total. The Hall–Kier alpha value is -0.670. The van der Waals surface area contributed by atoms with Crippen molar-refractivity contribution in [3.8, 4) is 5.75 Å². The molecule has 1 rings (SSSR count). The average molecular weight is 253 g/mol. The number of benzene rings is 1. The number of methoxy groups -OCH3 is 1. The first-order valence-electron chi connectivity index (χ1n) is 5.95. The lowest BCUT2D eigenvalue weighted by Gasteiger charge is -2.22. The summed E-state index contributed by atoms with van der Waals surface area (Å²) in [5.74, 6) is 2.16. The van der Waals surface area contributed by atoms with Gasteiger partial charge in [0.15, 0.2) is 0 Å². The summed E-state index contributed by atoms with van der Waals surface area (Å²) in [5.41, 5.74) is 3.86. The van der Waals surface area contributed by atoms with Gasteiger partial charge in [-0.2, -0.15) is 11.8 Å². The fourth-order valence-corrected chi connectivity index (χ4v) is 2.70. The predicted molar refractivity (Wildman–Crippen MR) is 77.3 cm³/mol. The van der Waals surface area contributed by atoms with Crippen molar-refractivity contribution in [2.75, 3.05) is 26.2 Å². The topological polar surface area (TPSA) is 21.3 Å². The van der Waals surface area contributed by atoms with E-state index in [2.05, 4.69) is 37.6 Å². The Morgan fingerprint density at radius 3 is 2.59 bits per heavy atom. The smallest absolute Gasteiger partial charge is 0.124 e. The van der Waals surface area contributed by atoms with Gasteiger partial charge in [-0.15, -0.1) is 0 Å². The monoisotopic (exact) mass is 253 g/mol. The highest BCUT2D eigenvalue weighted by Crippen LogP contribution is 2.32. The number of nitrogens with one attached hydrogen (secondary N) is 1. The molecule has 0 fully saturated rings. The Labute approximate surface area is 109 Å². The fourth-order valence-electron chi connectivity index (χ4n) is 2.22. The fraction of sp³-hybridized carbons (Fsp3) is 0.571. The van der Waals surface area contributed by atoms with Crippen molar-refractivity contribution < 1.29 is 4.74 Å². The molecule has 3 heteroatoms. The molecule has 1 unspecified atom stereocenters.